The fourth-order valence-electron chi connectivity index (χ4n) is 1.46. The second kappa shape index (κ2) is 5.05. The normalized spacial score (nSPS) is 12.7. The van der Waals surface area contributed by atoms with Crippen LogP contribution >= 0.6 is 11.6 Å². The summed E-state index contributed by atoms with van der Waals surface area (Å²) in [6.07, 6.45) is 3.30. The van der Waals surface area contributed by atoms with Crippen LogP contribution in [0.25, 0.3) is 5.69 Å². The summed E-state index contributed by atoms with van der Waals surface area (Å²) in [7, 11) is 0. The Morgan fingerprint density at radius 3 is 2.42 bits per heavy atom. The summed E-state index contributed by atoms with van der Waals surface area (Å²) in [6, 6.07) is 9.15. The molecule has 0 radical (unpaired) electrons. The first-order chi connectivity index (χ1) is 8.86. The van der Waals surface area contributed by atoms with E-state index in [1.807, 2.05) is 39.1 Å². The maximum Gasteiger partial charge on any atom is 0.202 e. The van der Waals surface area contributed by atoms with Gasteiger partial charge in [-0.05, 0) is 30.3 Å². The molecule has 19 heavy (non-hydrogen) atoms. The van der Waals surface area contributed by atoms with Crippen molar-refractivity contribution < 1.29 is 4.74 Å². The van der Waals surface area contributed by atoms with E-state index >= 15 is 0 Å². The van der Waals surface area contributed by atoms with E-state index in [1.165, 1.54) is 6.21 Å². The highest BCUT2D eigenvalue weighted by Gasteiger charge is 2.18. The summed E-state index contributed by atoms with van der Waals surface area (Å²) in [5.74, 6) is 0. The minimum absolute atomic E-state index is 0.468. The van der Waals surface area contributed by atoms with Gasteiger partial charge >= 0.3 is 0 Å². The van der Waals surface area contributed by atoms with Crippen molar-refractivity contribution in [3.63, 3.8) is 0 Å². The SMILES string of the molecule is CC(C)(C)/[N+]([O-])=C/c1ccn(-c2ccc(Cl)cc2)n1. The van der Waals surface area contributed by atoms with Gasteiger partial charge in [-0.1, -0.05) is 11.6 Å². The van der Waals surface area contributed by atoms with Gasteiger partial charge in [-0.25, -0.2) is 9.42 Å². The molecule has 0 saturated carbocycles. The smallest absolute Gasteiger partial charge is 0.202 e. The van der Waals surface area contributed by atoms with Gasteiger partial charge < -0.3 is 5.21 Å². The Hall–Kier alpha value is -1.81. The van der Waals surface area contributed by atoms with E-state index in [-0.39, 0.29) is 0 Å². The van der Waals surface area contributed by atoms with Crippen LogP contribution in [0, 0.1) is 5.21 Å². The van der Waals surface area contributed by atoms with E-state index in [1.54, 1.807) is 22.9 Å². The molecule has 0 N–H and O–H groups in total. The summed E-state index contributed by atoms with van der Waals surface area (Å²) in [4.78, 5) is 0. The molecule has 0 aliphatic heterocycles. The van der Waals surface area contributed by atoms with Gasteiger partial charge in [-0.15, -0.1) is 0 Å². The minimum atomic E-state index is -0.468. The third-order valence-corrected chi connectivity index (χ3v) is 2.86. The molecule has 2 rings (SSSR count). The lowest BCUT2D eigenvalue weighted by atomic mass is 10.1. The number of nitrogens with zero attached hydrogens (tertiary/aromatic N) is 3. The molecular formula is C14H16ClN3O. The molecule has 0 amide bonds. The predicted molar refractivity (Wildman–Crippen MR) is 77.1 cm³/mol. The van der Waals surface area contributed by atoms with Gasteiger partial charge in [-0.3, -0.25) is 0 Å². The first kappa shape index (κ1) is 13.6. The Labute approximate surface area is 117 Å². The van der Waals surface area contributed by atoms with Gasteiger partial charge in [-0.2, -0.15) is 5.10 Å². The zero-order valence-electron chi connectivity index (χ0n) is 11.2. The van der Waals surface area contributed by atoms with Crippen LogP contribution < -0.4 is 0 Å². The second-order valence-corrected chi connectivity index (χ2v) is 5.72. The van der Waals surface area contributed by atoms with Crippen LogP contribution in [0.3, 0.4) is 0 Å². The Morgan fingerprint density at radius 1 is 1.21 bits per heavy atom. The molecule has 5 heteroatoms. The number of rotatable bonds is 2. The lowest BCUT2D eigenvalue weighted by molar-refractivity contribution is -0.530. The number of hydrogen-bond acceptors (Lipinski definition) is 2. The highest BCUT2D eigenvalue weighted by atomic mass is 35.5. The molecule has 0 fully saturated rings. The molecule has 0 spiro atoms. The molecule has 1 heterocycles. The van der Waals surface area contributed by atoms with Crippen molar-refractivity contribution in [2.24, 2.45) is 0 Å². The molecule has 0 saturated heterocycles. The molecule has 100 valence electrons. The quantitative estimate of drug-likeness (QED) is 0.366. The fraction of sp³-hybridized carbons (Fsp3) is 0.286. The summed E-state index contributed by atoms with van der Waals surface area (Å²) in [5, 5.41) is 16.8. The van der Waals surface area contributed by atoms with Gasteiger partial charge in [0.1, 0.15) is 5.69 Å². The Balaban J connectivity index is 2.27. The van der Waals surface area contributed by atoms with Gasteiger partial charge in [0, 0.05) is 32.0 Å². The van der Waals surface area contributed by atoms with E-state index in [4.69, 9.17) is 11.6 Å². The maximum absolute atomic E-state index is 11.8. The molecule has 2 aromatic rings. The largest absolute Gasteiger partial charge is 0.623 e. The van der Waals surface area contributed by atoms with Gasteiger partial charge in [0.2, 0.25) is 6.21 Å². The van der Waals surface area contributed by atoms with Crippen LogP contribution in [-0.2, 0) is 0 Å². The topological polar surface area (TPSA) is 43.9 Å². The molecule has 0 aliphatic rings. The molecule has 0 bridgehead atoms. The zero-order valence-corrected chi connectivity index (χ0v) is 11.9. The number of aromatic nitrogens is 2. The Bertz CT molecular complexity index is 594. The summed E-state index contributed by atoms with van der Waals surface area (Å²) in [5.41, 5.74) is 1.06. The van der Waals surface area contributed by atoms with Crippen LogP contribution in [0.2, 0.25) is 5.02 Å². The molecule has 0 aliphatic carbocycles. The number of halogens is 1. The molecule has 1 aromatic heterocycles. The van der Waals surface area contributed by atoms with Crippen LogP contribution in [-0.4, -0.2) is 26.3 Å². The average molecular weight is 278 g/mol. The molecule has 4 nitrogen and oxygen atoms in total. The minimum Gasteiger partial charge on any atom is -0.623 e. The van der Waals surface area contributed by atoms with E-state index in [0.29, 0.717) is 10.7 Å². The van der Waals surface area contributed by atoms with E-state index < -0.39 is 5.54 Å². The van der Waals surface area contributed by atoms with Crippen molar-refractivity contribution in [2.45, 2.75) is 26.3 Å². The average Bonchev–Trinajstić information content (AvgIpc) is 2.77. The Kier molecular flexibility index (Phi) is 3.62. The molecule has 0 unspecified atom stereocenters. The van der Waals surface area contributed by atoms with Gasteiger partial charge in [0.05, 0.1) is 5.69 Å². The highest BCUT2D eigenvalue weighted by molar-refractivity contribution is 6.30. The van der Waals surface area contributed by atoms with Crippen LogP contribution in [0.4, 0.5) is 0 Å². The zero-order chi connectivity index (χ0) is 14.0. The van der Waals surface area contributed by atoms with E-state index in [9.17, 15) is 5.21 Å². The summed E-state index contributed by atoms with van der Waals surface area (Å²) >= 11 is 5.84. The number of hydroxylamine groups is 1. The lowest BCUT2D eigenvalue weighted by Gasteiger charge is -2.17. The van der Waals surface area contributed by atoms with Crippen LogP contribution in [0.5, 0.6) is 0 Å². The first-order valence-corrected chi connectivity index (χ1v) is 6.37. The van der Waals surface area contributed by atoms with Crippen molar-refractivity contribution in [2.75, 3.05) is 0 Å². The van der Waals surface area contributed by atoms with Crippen molar-refractivity contribution in [1.82, 2.24) is 9.78 Å². The fourth-order valence-corrected chi connectivity index (χ4v) is 1.58. The van der Waals surface area contributed by atoms with Crippen molar-refractivity contribution in [3.8, 4) is 5.69 Å². The molecular weight excluding hydrogens is 262 g/mol. The first-order valence-electron chi connectivity index (χ1n) is 5.99. The van der Waals surface area contributed by atoms with Gasteiger partial charge in [0.25, 0.3) is 0 Å². The van der Waals surface area contributed by atoms with Crippen LogP contribution in [0.1, 0.15) is 26.5 Å². The third kappa shape index (κ3) is 3.35. The lowest BCUT2D eigenvalue weighted by Crippen LogP contribution is -2.29. The molecule has 1 aromatic carbocycles. The number of benzene rings is 1. The van der Waals surface area contributed by atoms with Crippen molar-refractivity contribution in [1.29, 1.82) is 0 Å². The molecule has 0 atom stereocenters. The van der Waals surface area contributed by atoms with E-state index in [2.05, 4.69) is 5.10 Å². The summed E-state index contributed by atoms with van der Waals surface area (Å²) < 4.78 is 2.61. The standard InChI is InChI=1S/C14H16ClN3O/c1-14(2,3)18(19)10-12-8-9-17(16-12)13-6-4-11(15)5-7-13/h4-10H,1-3H3/b18-10-. The summed E-state index contributed by atoms with van der Waals surface area (Å²) in [6.45, 7) is 5.56. The number of hydrogen-bond donors (Lipinski definition) is 0. The Morgan fingerprint density at radius 2 is 1.84 bits per heavy atom. The van der Waals surface area contributed by atoms with Crippen molar-refractivity contribution in [3.05, 3.63) is 52.5 Å². The third-order valence-electron chi connectivity index (χ3n) is 2.61. The second-order valence-electron chi connectivity index (χ2n) is 5.29. The van der Waals surface area contributed by atoms with Gasteiger partial charge in [0.15, 0.2) is 5.54 Å². The predicted octanol–water partition coefficient (Wildman–Crippen LogP) is 3.25. The maximum atomic E-state index is 11.8. The van der Waals surface area contributed by atoms with Crippen molar-refractivity contribution >= 4 is 17.8 Å². The highest BCUT2D eigenvalue weighted by Crippen LogP contribution is 2.13. The van der Waals surface area contributed by atoms with Crippen LogP contribution in [0.15, 0.2) is 36.5 Å². The monoisotopic (exact) mass is 277 g/mol. The van der Waals surface area contributed by atoms with E-state index in [0.717, 1.165) is 10.4 Å².